The molecule has 0 spiro atoms. The Bertz CT molecular complexity index is 1370. The first-order valence-electron chi connectivity index (χ1n) is 12.9. The number of carbonyl (C=O) groups excluding carboxylic acids is 1. The van der Waals surface area contributed by atoms with Crippen molar-refractivity contribution >= 4 is 22.7 Å². The van der Waals surface area contributed by atoms with E-state index in [1.807, 2.05) is 57.0 Å². The number of imidazole rings is 1. The van der Waals surface area contributed by atoms with Crippen molar-refractivity contribution in [3.05, 3.63) is 83.7 Å². The summed E-state index contributed by atoms with van der Waals surface area (Å²) in [6.45, 7) is 9.21. The summed E-state index contributed by atoms with van der Waals surface area (Å²) in [6, 6.07) is 22.3. The molecule has 1 heterocycles. The van der Waals surface area contributed by atoms with E-state index in [0.29, 0.717) is 18.7 Å². The molecule has 0 amide bonds. The van der Waals surface area contributed by atoms with Crippen molar-refractivity contribution in [3.63, 3.8) is 0 Å². The highest BCUT2D eigenvalue weighted by atomic mass is 16.6. The van der Waals surface area contributed by atoms with Crippen LogP contribution < -0.4 is 4.90 Å². The number of aromatic nitrogens is 2. The third kappa shape index (κ3) is 6.20. The Morgan fingerprint density at radius 3 is 2.46 bits per heavy atom. The second-order valence-electron chi connectivity index (χ2n) is 10.4. The molecule has 37 heavy (non-hydrogen) atoms. The van der Waals surface area contributed by atoms with Gasteiger partial charge in [-0.1, -0.05) is 49.4 Å². The molecule has 1 aromatic heterocycles. The predicted molar refractivity (Wildman–Crippen MR) is 150 cm³/mol. The summed E-state index contributed by atoms with van der Waals surface area (Å²) in [5.41, 5.74) is 6.13. The number of aryl methyl sites for hydroxylation is 1. The van der Waals surface area contributed by atoms with E-state index in [0.717, 1.165) is 52.1 Å². The van der Waals surface area contributed by atoms with Gasteiger partial charge in [0.15, 0.2) is 0 Å². The standard InChI is InChI=1S/C31H37N3O3/c1-6-9-29-32-27-20-24(33(5)18-19-35)16-17-28(27)34(29)21-22-12-14-23(15-13-22)25-10-7-8-11-26(25)30(36)37-31(2,3)4/h7-8,10-17,20,35H,6,9,18-19,21H2,1-5H3. The van der Waals surface area contributed by atoms with Gasteiger partial charge in [-0.3, -0.25) is 0 Å². The van der Waals surface area contributed by atoms with E-state index in [9.17, 15) is 9.90 Å². The zero-order valence-corrected chi connectivity index (χ0v) is 22.5. The molecule has 0 saturated heterocycles. The van der Waals surface area contributed by atoms with Crippen LogP contribution in [-0.2, 0) is 17.7 Å². The van der Waals surface area contributed by atoms with Crippen LogP contribution in [0.1, 0.15) is 55.9 Å². The Morgan fingerprint density at radius 1 is 1.05 bits per heavy atom. The number of esters is 1. The number of anilines is 1. The lowest BCUT2D eigenvalue weighted by Crippen LogP contribution is -2.24. The largest absolute Gasteiger partial charge is 0.456 e. The maximum Gasteiger partial charge on any atom is 0.339 e. The topological polar surface area (TPSA) is 67.6 Å². The number of hydrogen-bond acceptors (Lipinski definition) is 5. The molecule has 0 fully saturated rings. The van der Waals surface area contributed by atoms with Gasteiger partial charge in [-0.2, -0.15) is 0 Å². The lowest BCUT2D eigenvalue weighted by Gasteiger charge is -2.20. The van der Waals surface area contributed by atoms with Crippen molar-refractivity contribution in [1.82, 2.24) is 9.55 Å². The molecule has 0 aliphatic carbocycles. The van der Waals surface area contributed by atoms with Gasteiger partial charge in [0, 0.05) is 32.2 Å². The van der Waals surface area contributed by atoms with E-state index in [1.54, 1.807) is 0 Å². The number of rotatable bonds is 9. The number of benzene rings is 3. The summed E-state index contributed by atoms with van der Waals surface area (Å²) in [7, 11) is 1.98. The van der Waals surface area contributed by atoms with Gasteiger partial charge in [-0.15, -0.1) is 0 Å². The third-order valence-electron chi connectivity index (χ3n) is 6.31. The highest BCUT2D eigenvalue weighted by molar-refractivity contribution is 5.97. The van der Waals surface area contributed by atoms with Crippen LogP contribution in [-0.4, -0.2) is 46.4 Å². The average molecular weight is 500 g/mol. The number of nitrogens with zero attached hydrogens (tertiary/aromatic N) is 3. The summed E-state index contributed by atoms with van der Waals surface area (Å²) < 4.78 is 7.92. The van der Waals surface area contributed by atoms with Crippen LogP contribution in [0.4, 0.5) is 5.69 Å². The van der Waals surface area contributed by atoms with Gasteiger partial charge >= 0.3 is 5.97 Å². The van der Waals surface area contributed by atoms with Crippen LogP contribution in [0.15, 0.2) is 66.7 Å². The van der Waals surface area contributed by atoms with E-state index in [-0.39, 0.29) is 12.6 Å². The number of ether oxygens (including phenoxy) is 1. The van der Waals surface area contributed by atoms with Crippen LogP contribution in [0.3, 0.4) is 0 Å². The number of carbonyl (C=O) groups is 1. The molecular formula is C31H37N3O3. The first-order valence-corrected chi connectivity index (χ1v) is 12.9. The number of aliphatic hydroxyl groups is 1. The monoisotopic (exact) mass is 499 g/mol. The molecule has 6 nitrogen and oxygen atoms in total. The molecule has 0 aliphatic rings. The fourth-order valence-corrected chi connectivity index (χ4v) is 4.49. The number of fused-ring (bicyclic) bond motifs is 1. The second kappa shape index (κ2) is 11.2. The summed E-state index contributed by atoms with van der Waals surface area (Å²) in [4.78, 5) is 19.8. The zero-order valence-electron chi connectivity index (χ0n) is 22.5. The molecule has 0 saturated carbocycles. The Morgan fingerprint density at radius 2 is 1.78 bits per heavy atom. The van der Waals surface area contributed by atoms with Crippen molar-refractivity contribution < 1.29 is 14.6 Å². The van der Waals surface area contributed by atoms with Crippen molar-refractivity contribution in [3.8, 4) is 11.1 Å². The Labute approximate surface area is 219 Å². The van der Waals surface area contributed by atoms with E-state index in [2.05, 4.69) is 54.0 Å². The van der Waals surface area contributed by atoms with Gasteiger partial charge < -0.3 is 19.3 Å². The minimum Gasteiger partial charge on any atom is -0.456 e. The molecule has 0 bridgehead atoms. The maximum absolute atomic E-state index is 12.8. The predicted octanol–water partition coefficient (Wildman–Crippen LogP) is 6.09. The molecule has 0 atom stereocenters. The number of likely N-dealkylation sites (N-methyl/N-ethyl adjacent to an activating group) is 1. The van der Waals surface area contributed by atoms with Gasteiger partial charge in [-0.05, 0) is 68.1 Å². The summed E-state index contributed by atoms with van der Waals surface area (Å²) in [5.74, 6) is 0.754. The molecule has 0 aliphatic heterocycles. The molecule has 194 valence electrons. The van der Waals surface area contributed by atoms with Crippen LogP contribution >= 0.6 is 0 Å². The van der Waals surface area contributed by atoms with Crippen LogP contribution in [0.25, 0.3) is 22.2 Å². The third-order valence-corrected chi connectivity index (χ3v) is 6.31. The summed E-state index contributed by atoms with van der Waals surface area (Å²) in [5, 5.41) is 9.29. The minimum atomic E-state index is -0.549. The molecule has 4 rings (SSSR count). The van der Waals surface area contributed by atoms with Crippen LogP contribution in [0.2, 0.25) is 0 Å². The van der Waals surface area contributed by atoms with E-state index >= 15 is 0 Å². The van der Waals surface area contributed by atoms with Crippen molar-refractivity contribution in [1.29, 1.82) is 0 Å². The van der Waals surface area contributed by atoms with Gasteiger partial charge in [0.1, 0.15) is 11.4 Å². The van der Waals surface area contributed by atoms with Crippen LogP contribution in [0, 0.1) is 0 Å². The molecule has 4 aromatic rings. The van der Waals surface area contributed by atoms with E-state index in [4.69, 9.17) is 9.72 Å². The molecule has 0 unspecified atom stereocenters. The van der Waals surface area contributed by atoms with Gasteiger partial charge in [0.25, 0.3) is 0 Å². The maximum atomic E-state index is 12.8. The number of hydrogen-bond donors (Lipinski definition) is 1. The molecule has 3 aromatic carbocycles. The SMILES string of the molecule is CCCc1nc2cc(N(C)CCO)ccc2n1Cc1ccc(-c2ccccc2C(=O)OC(C)(C)C)cc1. The molecular weight excluding hydrogens is 462 g/mol. The van der Waals surface area contributed by atoms with Crippen molar-refractivity contribution in [2.45, 2.75) is 52.7 Å². The fourth-order valence-electron chi connectivity index (χ4n) is 4.49. The van der Waals surface area contributed by atoms with Gasteiger partial charge in [0.2, 0.25) is 0 Å². The van der Waals surface area contributed by atoms with E-state index in [1.165, 1.54) is 0 Å². The normalized spacial score (nSPS) is 11.6. The fraction of sp³-hybridized carbons (Fsp3) is 0.355. The summed E-state index contributed by atoms with van der Waals surface area (Å²) in [6.07, 6.45) is 1.92. The van der Waals surface area contributed by atoms with Crippen LogP contribution in [0.5, 0.6) is 0 Å². The summed E-state index contributed by atoms with van der Waals surface area (Å²) >= 11 is 0. The van der Waals surface area contributed by atoms with Gasteiger partial charge in [0.05, 0.1) is 23.2 Å². The highest BCUT2D eigenvalue weighted by Crippen LogP contribution is 2.28. The minimum absolute atomic E-state index is 0.113. The van der Waals surface area contributed by atoms with E-state index < -0.39 is 5.60 Å². The average Bonchev–Trinajstić information content (AvgIpc) is 3.20. The van der Waals surface area contributed by atoms with Crippen molar-refractivity contribution in [2.24, 2.45) is 0 Å². The quantitative estimate of drug-likeness (QED) is 0.282. The van der Waals surface area contributed by atoms with Crippen molar-refractivity contribution in [2.75, 3.05) is 25.1 Å². The Hall–Kier alpha value is -3.64. The molecule has 0 radical (unpaired) electrons. The molecule has 6 heteroatoms. The second-order valence-corrected chi connectivity index (χ2v) is 10.4. The lowest BCUT2D eigenvalue weighted by atomic mass is 9.98. The number of aliphatic hydroxyl groups excluding tert-OH is 1. The first kappa shape index (κ1) is 26.4. The Balaban J connectivity index is 1.62. The highest BCUT2D eigenvalue weighted by Gasteiger charge is 2.21. The first-order chi connectivity index (χ1) is 17.7. The Kier molecular flexibility index (Phi) is 7.98. The van der Waals surface area contributed by atoms with Gasteiger partial charge in [-0.25, -0.2) is 9.78 Å². The molecule has 1 N–H and O–H groups in total. The zero-order chi connectivity index (χ0) is 26.6. The lowest BCUT2D eigenvalue weighted by molar-refractivity contribution is 0.00704. The smallest absolute Gasteiger partial charge is 0.339 e.